The van der Waals surface area contributed by atoms with Crippen molar-refractivity contribution in [2.45, 2.75) is 13.8 Å². The number of anilines is 1. The van der Waals surface area contributed by atoms with Gasteiger partial charge < -0.3 is 10.1 Å². The number of ether oxygens (including phenoxy) is 1. The molecule has 0 aliphatic heterocycles. The maximum atomic E-state index is 12.3. The molecule has 0 aliphatic carbocycles. The van der Waals surface area contributed by atoms with Crippen LogP contribution in [0.4, 0.5) is 5.69 Å². The third-order valence-corrected chi connectivity index (χ3v) is 5.28. The molecular weight excluding hydrogens is 493 g/mol. The molecule has 7 nitrogen and oxygen atoms in total. The molecule has 0 spiro atoms. The molecule has 30 heavy (non-hydrogen) atoms. The maximum absolute atomic E-state index is 12.3. The first-order valence-corrected chi connectivity index (χ1v) is 10.3. The Balaban J connectivity index is 1.40. The van der Waals surface area contributed by atoms with E-state index in [2.05, 4.69) is 43.1 Å². The Morgan fingerprint density at radius 1 is 0.967 bits per heavy atom. The minimum Gasteiger partial charge on any atom is -0.438 e. The molecule has 2 aromatic carbocycles. The van der Waals surface area contributed by atoms with Gasteiger partial charge in [0.15, 0.2) is 5.82 Å². The van der Waals surface area contributed by atoms with Crippen LogP contribution in [0.3, 0.4) is 0 Å². The van der Waals surface area contributed by atoms with Crippen LogP contribution in [0.2, 0.25) is 0 Å². The molecule has 4 rings (SSSR count). The first-order valence-electron chi connectivity index (χ1n) is 9.19. The molecule has 2 heterocycles. The van der Waals surface area contributed by atoms with Gasteiger partial charge in [-0.15, -0.1) is 10.2 Å². The van der Waals surface area contributed by atoms with Gasteiger partial charge >= 0.3 is 0 Å². The summed E-state index contributed by atoms with van der Waals surface area (Å²) in [7, 11) is 0. The smallest absolute Gasteiger partial charge is 0.255 e. The number of aromatic nitrogens is 4. The van der Waals surface area contributed by atoms with Crippen molar-refractivity contribution in [3.05, 3.63) is 87.5 Å². The van der Waals surface area contributed by atoms with E-state index >= 15 is 0 Å². The maximum Gasteiger partial charge on any atom is 0.255 e. The van der Waals surface area contributed by atoms with E-state index in [4.69, 9.17) is 4.74 Å². The van der Waals surface area contributed by atoms with Crippen molar-refractivity contribution < 1.29 is 9.53 Å². The zero-order chi connectivity index (χ0) is 21.1. The molecule has 0 bridgehead atoms. The summed E-state index contributed by atoms with van der Waals surface area (Å²) in [6.45, 7) is 3.93. The molecule has 0 radical (unpaired) electrons. The van der Waals surface area contributed by atoms with E-state index in [1.54, 1.807) is 48.8 Å². The lowest BCUT2D eigenvalue weighted by Crippen LogP contribution is -2.11. The quantitative estimate of drug-likeness (QED) is 0.385. The molecular formula is C22H18IN5O2. The summed E-state index contributed by atoms with van der Waals surface area (Å²) >= 11 is 2.20. The van der Waals surface area contributed by atoms with E-state index in [-0.39, 0.29) is 5.91 Å². The van der Waals surface area contributed by atoms with Gasteiger partial charge in [-0.3, -0.25) is 9.36 Å². The number of benzene rings is 2. The number of nitrogens with zero attached hydrogens (tertiary/aromatic N) is 4. The summed E-state index contributed by atoms with van der Waals surface area (Å²) < 4.78 is 8.70. The van der Waals surface area contributed by atoms with Crippen LogP contribution >= 0.6 is 22.6 Å². The Hall–Kier alpha value is -3.27. The van der Waals surface area contributed by atoms with Gasteiger partial charge in [0.25, 0.3) is 5.91 Å². The lowest BCUT2D eigenvalue weighted by atomic mass is 10.2. The number of hydrogen-bond acceptors (Lipinski definition) is 5. The SMILES string of the molecule is Cc1ncn(-c2ccc(Oc3ccc(NC(=O)c4ccc(I)cc4)cc3)nn2)c1C. The highest BCUT2D eigenvalue weighted by atomic mass is 127. The number of nitrogens with one attached hydrogen (secondary N) is 1. The van der Waals surface area contributed by atoms with Crippen molar-refractivity contribution in [3.63, 3.8) is 0 Å². The van der Waals surface area contributed by atoms with E-state index in [1.807, 2.05) is 36.6 Å². The number of carbonyl (C=O) groups is 1. The van der Waals surface area contributed by atoms with Gasteiger partial charge in [0.05, 0.1) is 5.69 Å². The third-order valence-electron chi connectivity index (χ3n) is 4.57. The Bertz CT molecular complexity index is 1170. The van der Waals surface area contributed by atoms with Crippen molar-refractivity contribution in [1.29, 1.82) is 0 Å². The number of halogens is 1. The Kier molecular flexibility index (Phi) is 5.75. The van der Waals surface area contributed by atoms with Crippen molar-refractivity contribution in [2.24, 2.45) is 0 Å². The largest absolute Gasteiger partial charge is 0.438 e. The zero-order valence-electron chi connectivity index (χ0n) is 16.3. The third kappa shape index (κ3) is 4.48. The van der Waals surface area contributed by atoms with Gasteiger partial charge in [0, 0.05) is 26.6 Å². The second-order valence-corrected chi connectivity index (χ2v) is 7.85. The molecule has 150 valence electrons. The number of aryl methyl sites for hydroxylation is 1. The monoisotopic (exact) mass is 511 g/mol. The minimum atomic E-state index is -0.161. The van der Waals surface area contributed by atoms with Gasteiger partial charge in [-0.1, -0.05) is 0 Å². The van der Waals surface area contributed by atoms with E-state index in [0.29, 0.717) is 28.7 Å². The fourth-order valence-corrected chi connectivity index (χ4v) is 3.12. The van der Waals surface area contributed by atoms with Crippen LogP contribution in [0.15, 0.2) is 67.0 Å². The summed E-state index contributed by atoms with van der Waals surface area (Å²) in [4.78, 5) is 16.6. The average Bonchev–Trinajstić information content (AvgIpc) is 3.09. The molecule has 1 N–H and O–H groups in total. The molecule has 8 heteroatoms. The van der Waals surface area contributed by atoms with Gasteiger partial charge in [0.1, 0.15) is 12.1 Å². The molecule has 0 saturated carbocycles. The number of hydrogen-bond donors (Lipinski definition) is 1. The van der Waals surface area contributed by atoms with Gasteiger partial charge in [-0.2, -0.15) is 0 Å². The normalized spacial score (nSPS) is 10.6. The predicted octanol–water partition coefficient (Wildman–Crippen LogP) is 4.93. The summed E-state index contributed by atoms with van der Waals surface area (Å²) in [5, 5.41) is 11.2. The fourth-order valence-electron chi connectivity index (χ4n) is 2.76. The van der Waals surface area contributed by atoms with Crippen LogP contribution in [-0.2, 0) is 0 Å². The number of rotatable bonds is 5. The van der Waals surface area contributed by atoms with Crippen LogP contribution in [0.5, 0.6) is 11.6 Å². The number of amides is 1. The highest BCUT2D eigenvalue weighted by molar-refractivity contribution is 14.1. The molecule has 0 fully saturated rings. The molecule has 0 saturated heterocycles. The molecule has 0 unspecified atom stereocenters. The highest BCUT2D eigenvalue weighted by Gasteiger charge is 2.08. The Morgan fingerprint density at radius 2 is 1.70 bits per heavy atom. The lowest BCUT2D eigenvalue weighted by molar-refractivity contribution is 0.102. The second-order valence-electron chi connectivity index (χ2n) is 6.60. The molecule has 2 aromatic heterocycles. The number of carbonyl (C=O) groups excluding carboxylic acids is 1. The van der Waals surface area contributed by atoms with Gasteiger partial charge in [0.2, 0.25) is 5.88 Å². The summed E-state index contributed by atoms with van der Waals surface area (Å²) in [5.41, 5.74) is 3.25. The van der Waals surface area contributed by atoms with Crippen molar-refractivity contribution >= 4 is 34.2 Å². The van der Waals surface area contributed by atoms with E-state index in [0.717, 1.165) is 15.0 Å². The molecule has 0 atom stereocenters. The first-order chi connectivity index (χ1) is 14.5. The summed E-state index contributed by atoms with van der Waals surface area (Å²) in [6, 6.07) is 18.1. The van der Waals surface area contributed by atoms with Crippen LogP contribution in [-0.4, -0.2) is 25.7 Å². The second kappa shape index (κ2) is 8.62. The minimum absolute atomic E-state index is 0.161. The predicted molar refractivity (Wildman–Crippen MR) is 122 cm³/mol. The number of imidazole rings is 1. The van der Waals surface area contributed by atoms with Crippen molar-refractivity contribution in [2.75, 3.05) is 5.32 Å². The fraction of sp³-hybridized carbons (Fsp3) is 0.0909. The summed E-state index contributed by atoms with van der Waals surface area (Å²) in [6.07, 6.45) is 1.72. The molecule has 4 aromatic rings. The molecule has 1 amide bonds. The lowest BCUT2D eigenvalue weighted by Gasteiger charge is -2.08. The van der Waals surface area contributed by atoms with Crippen molar-refractivity contribution in [3.8, 4) is 17.4 Å². The van der Waals surface area contributed by atoms with E-state index < -0.39 is 0 Å². The topological polar surface area (TPSA) is 81.9 Å². The average molecular weight is 511 g/mol. The van der Waals surface area contributed by atoms with Crippen LogP contribution in [0.1, 0.15) is 21.7 Å². The first kappa shape index (κ1) is 20.0. The van der Waals surface area contributed by atoms with Gasteiger partial charge in [-0.25, -0.2) is 4.98 Å². The zero-order valence-corrected chi connectivity index (χ0v) is 18.5. The van der Waals surface area contributed by atoms with Crippen LogP contribution in [0, 0.1) is 17.4 Å². The summed E-state index contributed by atoms with van der Waals surface area (Å²) in [5.74, 6) is 1.49. The Morgan fingerprint density at radius 3 is 2.30 bits per heavy atom. The Labute approximate surface area is 187 Å². The standard InChI is InChI=1S/C22H18IN5O2/c1-14-15(2)28(13-24-14)20-11-12-21(27-26-20)30-19-9-7-18(8-10-19)25-22(29)16-3-5-17(23)6-4-16/h3-13H,1-2H3,(H,25,29). The van der Waals surface area contributed by atoms with Gasteiger partial charge in [-0.05, 0) is 91.0 Å². The van der Waals surface area contributed by atoms with Crippen molar-refractivity contribution in [1.82, 2.24) is 19.7 Å². The van der Waals surface area contributed by atoms with E-state index in [1.165, 1.54) is 0 Å². The highest BCUT2D eigenvalue weighted by Crippen LogP contribution is 2.22. The molecule has 0 aliphatic rings. The van der Waals surface area contributed by atoms with E-state index in [9.17, 15) is 4.79 Å². The van der Waals surface area contributed by atoms with Crippen LogP contribution < -0.4 is 10.1 Å². The van der Waals surface area contributed by atoms with Crippen LogP contribution in [0.25, 0.3) is 5.82 Å².